The molecule has 0 aromatic heterocycles. The van der Waals surface area contributed by atoms with Crippen molar-refractivity contribution in [2.24, 2.45) is 0 Å². The van der Waals surface area contributed by atoms with Crippen LogP contribution in [0.4, 0.5) is 11.4 Å². The lowest BCUT2D eigenvalue weighted by atomic mass is 10.1. The summed E-state index contributed by atoms with van der Waals surface area (Å²) in [5, 5.41) is 0. The summed E-state index contributed by atoms with van der Waals surface area (Å²) in [6.07, 6.45) is 1.72. The first kappa shape index (κ1) is 16.1. The number of nitrogens with one attached hydrogen (secondary N) is 1. The van der Waals surface area contributed by atoms with Gasteiger partial charge in [0.1, 0.15) is 0 Å². The van der Waals surface area contributed by atoms with Crippen LogP contribution in [0, 0.1) is 0 Å². The number of sulfonamides is 2. The fourth-order valence-electron chi connectivity index (χ4n) is 2.20. The highest BCUT2D eigenvalue weighted by molar-refractivity contribution is 7.92. The number of nitrogens with zero attached hydrogens (tertiary/aromatic N) is 1. The molecular formula is C12H18N2O5S2. The molecule has 0 saturated carbocycles. The van der Waals surface area contributed by atoms with Crippen molar-refractivity contribution in [3.05, 3.63) is 23.8 Å². The normalized spacial score (nSPS) is 15.0. The summed E-state index contributed by atoms with van der Waals surface area (Å²) < 4.78 is 55.4. The topological polar surface area (TPSA) is 92.8 Å². The largest absolute Gasteiger partial charge is 0.384 e. The second-order valence-electron chi connectivity index (χ2n) is 4.84. The third-order valence-electron chi connectivity index (χ3n) is 3.16. The molecule has 0 bridgehead atoms. The van der Waals surface area contributed by atoms with Crippen LogP contribution in [-0.4, -0.2) is 49.1 Å². The van der Waals surface area contributed by atoms with Crippen LogP contribution in [-0.2, 0) is 31.2 Å². The maximum Gasteiger partial charge on any atom is 0.234 e. The van der Waals surface area contributed by atoms with Crippen LogP contribution in [0.2, 0.25) is 0 Å². The summed E-state index contributed by atoms with van der Waals surface area (Å²) in [5.74, 6) is -0.129. The number of methoxy groups -OCH3 is 1. The number of rotatable bonds is 6. The van der Waals surface area contributed by atoms with E-state index < -0.39 is 20.0 Å². The molecule has 1 aromatic rings. The number of benzene rings is 1. The Kier molecular flexibility index (Phi) is 4.45. The lowest BCUT2D eigenvalue weighted by Crippen LogP contribution is -2.27. The molecule has 1 N–H and O–H groups in total. The summed E-state index contributed by atoms with van der Waals surface area (Å²) in [6, 6.07) is 4.86. The minimum absolute atomic E-state index is 0.113. The molecule has 1 aromatic carbocycles. The van der Waals surface area contributed by atoms with E-state index in [-0.39, 0.29) is 12.4 Å². The Balaban J connectivity index is 2.20. The van der Waals surface area contributed by atoms with Crippen molar-refractivity contribution in [2.45, 2.75) is 6.42 Å². The molecule has 9 heteroatoms. The van der Waals surface area contributed by atoms with Crippen LogP contribution in [0.5, 0.6) is 0 Å². The van der Waals surface area contributed by atoms with Crippen molar-refractivity contribution in [2.75, 3.05) is 41.3 Å². The van der Waals surface area contributed by atoms with Gasteiger partial charge < -0.3 is 4.74 Å². The van der Waals surface area contributed by atoms with Gasteiger partial charge >= 0.3 is 0 Å². The number of ether oxygens (including phenoxy) is 1. The van der Waals surface area contributed by atoms with Gasteiger partial charge in [0.15, 0.2) is 0 Å². The first-order valence-corrected chi connectivity index (χ1v) is 9.83. The van der Waals surface area contributed by atoms with E-state index in [9.17, 15) is 16.8 Å². The van der Waals surface area contributed by atoms with E-state index in [1.165, 1.54) is 11.4 Å². The van der Waals surface area contributed by atoms with Crippen molar-refractivity contribution < 1.29 is 21.6 Å². The second-order valence-corrected chi connectivity index (χ2v) is 8.59. The average molecular weight is 334 g/mol. The molecule has 1 aliphatic rings. The molecule has 0 fully saturated rings. The minimum atomic E-state index is -3.46. The van der Waals surface area contributed by atoms with Crippen LogP contribution in [0.25, 0.3) is 0 Å². The Morgan fingerprint density at radius 3 is 2.62 bits per heavy atom. The van der Waals surface area contributed by atoms with E-state index >= 15 is 0 Å². The molecule has 118 valence electrons. The van der Waals surface area contributed by atoms with Gasteiger partial charge in [0.05, 0.1) is 24.3 Å². The Bertz CT molecular complexity index is 728. The SMILES string of the molecule is COCCS(=O)(=O)Nc1ccc2c(c1)CCN2S(C)(=O)=O. The number of hydrogen-bond acceptors (Lipinski definition) is 5. The molecule has 7 nitrogen and oxygen atoms in total. The molecule has 0 atom stereocenters. The molecule has 0 spiro atoms. The summed E-state index contributed by atoms with van der Waals surface area (Å²) in [4.78, 5) is 0. The van der Waals surface area contributed by atoms with Crippen LogP contribution < -0.4 is 9.03 Å². The van der Waals surface area contributed by atoms with Crippen LogP contribution in [0.1, 0.15) is 5.56 Å². The van der Waals surface area contributed by atoms with Crippen molar-refractivity contribution in [1.29, 1.82) is 0 Å². The summed E-state index contributed by atoms with van der Waals surface area (Å²) in [7, 11) is -5.33. The van der Waals surface area contributed by atoms with E-state index in [0.717, 1.165) is 11.8 Å². The van der Waals surface area contributed by atoms with Crippen LogP contribution >= 0.6 is 0 Å². The highest BCUT2D eigenvalue weighted by Gasteiger charge is 2.26. The Labute approximate surface area is 125 Å². The predicted octanol–water partition coefficient (Wildman–Crippen LogP) is 0.397. The third-order valence-corrected chi connectivity index (χ3v) is 5.59. The Hall–Kier alpha value is -1.32. The van der Waals surface area contributed by atoms with E-state index in [1.807, 2.05) is 0 Å². The maximum absolute atomic E-state index is 11.8. The predicted molar refractivity (Wildman–Crippen MR) is 81.6 cm³/mol. The fraction of sp³-hybridized carbons (Fsp3) is 0.500. The lowest BCUT2D eigenvalue weighted by molar-refractivity contribution is 0.217. The molecule has 1 aliphatic heterocycles. The molecule has 0 amide bonds. The first-order valence-electron chi connectivity index (χ1n) is 6.33. The molecule has 0 radical (unpaired) electrons. The number of anilines is 2. The van der Waals surface area contributed by atoms with Crippen LogP contribution in [0.3, 0.4) is 0 Å². The fourth-order valence-corrected chi connectivity index (χ4v) is 4.14. The first-order chi connectivity index (χ1) is 9.73. The van der Waals surface area contributed by atoms with E-state index in [4.69, 9.17) is 4.74 Å². The van der Waals surface area contributed by atoms with Gasteiger partial charge in [-0.1, -0.05) is 0 Å². The zero-order valence-electron chi connectivity index (χ0n) is 11.9. The Morgan fingerprint density at radius 1 is 1.29 bits per heavy atom. The molecule has 0 aliphatic carbocycles. The number of fused-ring (bicyclic) bond motifs is 1. The molecule has 21 heavy (non-hydrogen) atoms. The van der Waals surface area contributed by atoms with Crippen molar-refractivity contribution in [3.8, 4) is 0 Å². The van der Waals surface area contributed by atoms with E-state index in [1.54, 1.807) is 18.2 Å². The van der Waals surface area contributed by atoms with Gasteiger partial charge in [-0.25, -0.2) is 16.8 Å². The average Bonchev–Trinajstić information content (AvgIpc) is 2.78. The molecule has 2 rings (SSSR count). The van der Waals surface area contributed by atoms with Crippen LogP contribution in [0.15, 0.2) is 18.2 Å². The number of hydrogen-bond donors (Lipinski definition) is 1. The smallest absolute Gasteiger partial charge is 0.234 e. The third kappa shape index (κ3) is 3.86. The zero-order chi connectivity index (χ0) is 15.7. The van der Waals surface area contributed by atoms with E-state index in [2.05, 4.69) is 4.72 Å². The van der Waals surface area contributed by atoms with Gasteiger partial charge in [-0.05, 0) is 30.2 Å². The maximum atomic E-state index is 11.8. The monoisotopic (exact) mass is 334 g/mol. The molecule has 1 heterocycles. The summed E-state index contributed by atoms with van der Waals surface area (Å²) in [5.41, 5.74) is 1.85. The quantitative estimate of drug-likeness (QED) is 0.813. The van der Waals surface area contributed by atoms with Crippen molar-refractivity contribution in [3.63, 3.8) is 0 Å². The van der Waals surface area contributed by atoms with Gasteiger partial charge in [0, 0.05) is 19.3 Å². The Morgan fingerprint density at radius 2 is 2.00 bits per heavy atom. The lowest BCUT2D eigenvalue weighted by Gasteiger charge is -2.16. The second kappa shape index (κ2) is 5.82. The standard InChI is InChI=1S/C12H18N2O5S2/c1-19-7-8-21(17,18)13-11-3-4-12-10(9-11)5-6-14(12)20(2,15)16/h3-4,9,13H,5-8H2,1-2H3. The van der Waals surface area contributed by atoms with Gasteiger partial charge in [0.2, 0.25) is 20.0 Å². The van der Waals surface area contributed by atoms with Crippen molar-refractivity contribution >= 4 is 31.4 Å². The van der Waals surface area contributed by atoms with Gasteiger partial charge in [-0.3, -0.25) is 9.03 Å². The summed E-state index contributed by atoms with van der Waals surface area (Å²) in [6.45, 7) is 0.496. The van der Waals surface area contributed by atoms with Gasteiger partial charge in [-0.15, -0.1) is 0 Å². The summed E-state index contributed by atoms with van der Waals surface area (Å²) >= 11 is 0. The van der Waals surface area contributed by atoms with E-state index in [0.29, 0.717) is 24.3 Å². The zero-order valence-corrected chi connectivity index (χ0v) is 13.5. The molecule has 0 unspecified atom stereocenters. The van der Waals surface area contributed by atoms with Gasteiger partial charge in [-0.2, -0.15) is 0 Å². The minimum Gasteiger partial charge on any atom is -0.384 e. The highest BCUT2D eigenvalue weighted by atomic mass is 32.2. The van der Waals surface area contributed by atoms with Gasteiger partial charge in [0.25, 0.3) is 0 Å². The van der Waals surface area contributed by atoms with Crippen molar-refractivity contribution in [1.82, 2.24) is 0 Å². The molecule has 0 saturated heterocycles. The molecular weight excluding hydrogens is 316 g/mol. The highest BCUT2D eigenvalue weighted by Crippen LogP contribution is 2.32.